The maximum Gasteiger partial charge on any atom is 0.144 e. The molecule has 0 spiro atoms. The van der Waals surface area contributed by atoms with Crippen LogP contribution in [0.2, 0.25) is 0 Å². The molecule has 0 heterocycles. The molecule has 6 heteroatoms. The molecule has 0 saturated carbocycles. The minimum Gasteiger partial charge on any atom is -0.505 e. The Bertz CT molecular complexity index is 322. The van der Waals surface area contributed by atoms with E-state index < -0.39 is 6.04 Å². The maximum absolute atomic E-state index is 9.59. The normalized spacial score (nSPS) is 11.9. The highest BCUT2D eigenvalue weighted by Crippen LogP contribution is 2.34. The van der Waals surface area contributed by atoms with Crippen molar-refractivity contribution < 1.29 is 5.11 Å². The number of benzene rings is 1. The van der Waals surface area contributed by atoms with Crippen molar-refractivity contribution in [3.63, 3.8) is 0 Å². The largest absolute Gasteiger partial charge is 0.505 e. The minimum atomic E-state index is -0.405. The first-order valence-corrected chi connectivity index (χ1v) is 4.59. The predicted octanol–water partition coefficient (Wildman–Crippen LogP) is 1.12. The Morgan fingerprint density at radius 2 is 2.00 bits per heavy atom. The van der Waals surface area contributed by atoms with Gasteiger partial charge in [0.25, 0.3) is 0 Å². The van der Waals surface area contributed by atoms with Gasteiger partial charge in [0.2, 0.25) is 0 Å². The van der Waals surface area contributed by atoms with Crippen molar-refractivity contribution in [3.8, 4) is 5.75 Å². The summed E-state index contributed by atoms with van der Waals surface area (Å²) in [6.07, 6.45) is 0. The lowest BCUT2D eigenvalue weighted by Gasteiger charge is -2.14. The van der Waals surface area contributed by atoms with Crippen molar-refractivity contribution in [2.45, 2.75) is 6.04 Å². The van der Waals surface area contributed by atoms with E-state index in [0.29, 0.717) is 11.3 Å². The number of anilines is 1. The molecule has 80 valence electrons. The predicted molar refractivity (Wildman–Crippen MR) is 63.5 cm³/mol. The fraction of sp³-hybridized carbons (Fsp3) is 0.250. The lowest BCUT2D eigenvalue weighted by atomic mass is 10.1. The molecule has 14 heavy (non-hydrogen) atoms. The maximum atomic E-state index is 9.59. The summed E-state index contributed by atoms with van der Waals surface area (Å²) < 4.78 is 0.720. The molecule has 1 aromatic rings. The van der Waals surface area contributed by atoms with Gasteiger partial charge >= 0.3 is 0 Å². The second-order valence-electron chi connectivity index (χ2n) is 2.74. The van der Waals surface area contributed by atoms with Crippen molar-refractivity contribution in [2.24, 2.45) is 11.5 Å². The van der Waals surface area contributed by atoms with Gasteiger partial charge in [-0.1, -0.05) is 15.9 Å². The van der Waals surface area contributed by atoms with Gasteiger partial charge in [-0.15, -0.1) is 12.4 Å². The second-order valence-corrected chi connectivity index (χ2v) is 3.60. The number of hydrogen-bond donors (Lipinski definition) is 4. The molecule has 1 rings (SSSR count). The van der Waals surface area contributed by atoms with Crippen LogP contribution in [0.1, 0.15) is 11.6 Å². The molecule has 7 N–H and O–H groups in total. The third-order valence-corrected chi connectivity index (χ3v) is 2.51. The topological polar surface area (TPSA) is 98.3 Å². The zero-order chi connectivity index (χ0) is 10.0. The Morgan fingerprint density at radius 1 is 1.43 bits per heavy atom. The van der Waals surface area contributed by atoms with E-state index in [4.69, 9.17) is 17.2 Å². The van der Waals surface area contributed by atoms with Gasteiger partial charge < -0.3 is 22.3 Å². The molecule has 1 atom stereocenters. The number of nitrogen functional groups attached to an aromatic ring is 1. The summed E-state index contributed by atoms with van der Waals surface area (Å²) in [6.45, 7) is 0.260. The molecule has 0 fully saturated rings. The van der Waals surface area contributed by atoms with Crippen molar-refractivity contribution in [1.82, 2.24) is 0 Å². The third kappa shape index (κ3) is 2.51. The molecule has 0 aromatic heterocycles. The fourth-order valence-electron chi connectivity index (χ4n) is 1.07. The zero-order valence-corrected chi connectivity index (χ0v) is 9.81. The standard InChI is InChI=1S/C8H12BrN3O.ClH/c9-4-1-2-5(11)8(13)7(4)6(12)3-10;/h1-2,6,13H,3,10-12H2;1H/t6-;/m1./s1. The highest BCUT2D eigenvalue weighted by Gasteiger charge is 2.15. The first kappa shape index (κ1) is 13.5. The van der Waals surface area contributed by atoms with Crippen LogP contribution >= 0.6 is 28.3 Å². The first-order valence-electron chi connectivity index (χ1n) is 3.80. The number of rotatable bonds is 2. The lowest BCUT2D eigenvalue weighted by molar-refractivity contribution is 0.464. The molecule has 1 aromatic carbocycles. The average Bonchev–Trinajstić information content (AvgIpc) is 2.12. The summed E-state index contributed by atoms with van der Waals surface area (Å²) in [6, 6.07) is 2.93. The summed E-state index contributed by atoms with van der Waals surface area (Å²) in [7, 11) is 0. The van der Waals surface area contributed by atoms with Crippen LogP contribution in [0.3, 0.4) is 0 Å². The molecule has 0 aliphatic heterocycles. The number of hydrogen-bond acceptors (Lipinski definition) is 4. The van der Waals surface area contributed by atoms with Crippen molar-refractivity contribution >= 4 is 34.0 Å². The highest BCUT2D eigenvalue weighted by atomic mass is 79.9. The first-order chi connectivity index (χ1) is 6.07. The summed E-state index contributed by atoms with van der Waals surface area (Å²) in [5.74, 6) is 0.00678. The van der Waals surface area contributed by atoms with Crippen molar-refractivity contribution in [1.29, 1.82) is 0 Å². The van der Waals surface area contributed by atoms with E-state index in [1.165, 1.54) is 0 Å². The molecule has 0 aliphatic carbocycles. The summed E-state index contributed by atoms with van der Waals surface area (Å²) >= 11 is 3.27. The molecule has 0 unspecified atom stereocenters. The van der Waals surface area contributed by atoms with Gasteiger partial charge in [-0.25, -0.2) is 0 Å². The molecule has 0 amide bonds. The van der Waals surface area contributed by atoms with Crippen LogP contribution in [-0.2, 0) is 0 Å². The number of halogens is 2. The van der Waals surface area contributed by atoms with Gasteiger partial charge in [-0.3, -0.25) is 0 Å². The summed E-state index contributed by atoms with van der Waals surface area (Å²) in [5, 5.41) is 9.59. The van der Waals surface area contributed by atoms with Crippen LogP contribution < -0.4 is 17.2 Å². The van der Waals surface area contributed by atoms with E-state index >= 15 is 0 Å². The molecule has 0 aliphatic rings. The second kappa shape index (κ2) is 5.41. The fourth-order valence-corrected chi connectivity index (χ4v) is 1.68. The summed E-state index contributed by atoms with van der Waals surface area (Å²) in [5.41, 5.74) is 17.5. The lowest BCUT2D eigenvalue weighted by Crippen LogP contribution is -2.21. The third-order valence-electron chi connectivity index (χ3n) is 1.82. The minimum absolute atomic E-state index is 0. The zero-order valence-electron chi connectivity index (χ0n) is 7.40. The smallest absolute Gasteiger partial charge is 0.144 e. The van der Waals surface area contributed by atoms with Gasteiger partial charge in [0, 0.05) is 22.6 Å². The van der Waals surface area contributed by atoms with E-state index in [2.05, 4.69) is 15.9 Å². The van der Waals surface area contributed by atoms with Crippen molar-refractivity contribution in [3.05, 3.63) is 22.2 Å². The Hall–Kier alpha value is -0.490. The average molecular weight is 283 g/mol. The van der Waals surface area contributed by atoms with Crippen LogP contribution in [0, 0.1) is 0 Å². The van der Waals surface area contributed by atoms with E-state index in [0.717, 1.165) is 4.47 Å². The number of nitrogens with two attached hydrogens (primary N) is 3. The van der Waals surface area contributed by atoms with Gasteiger partial charge in [-0.05, 0) is 12.1 Å². The Labute approximate surface area is 97.0 Å². The molecule has 0 bridgehead atoms. The van der Waals surface area contributed by atoms with Crippen LogP contribution in [-0.4, -0.2) is 11.7 Å². The van der Waals surface area contributed by atoms with E-state index in [9.17, 15) is 5.11 Å². The Balaban J connectivity index is 0.00000169. The van der Waals surface area contributed by atoms with Gasteiger partial charge in [0.05, 0.1) is 5.69 Å². The van der Waals surface area contributed by atoms with Crippen molar-refractivity contribution in [2.75, 3.05) is 12.3 Å². The molecule has 0 radical (unpaired) electrons. The quantitative estimate of drug-likeness (QED) is 0.482. The molecule has 0 saturated heterocycles. The number of aromatic hydroxyl groups is 1. The van der Waals surface area contributed by atoms with Crippen LogP contribution in [0.4, 0.5) is 5.69 Å². The Morgan fingerprint density at radius 3 is 2.50 bits per heavy atom. The van der Waals surface area contributed by atoms with E-state index in [1.807, 2.05) is 0 Å². The van der Waals surface area contributed by atoms with Gasteiger partial charge in [-0.2, -0.15) is 0 Å². The SMILES string of the molecule is Cl.NC[C@@H](N)c1c(Br)ccc(N)c1O. The molecule has 4 nitrogen and oxygen atoms in total. The number of phenolic OH excluding ortho intramolecular Hbond substituents is 1. The molecular weight excluding hydrogens is 269 g/mol. The summed E-state index contributed by atoms with van der Waals surface area (Å²) in [4.78, 5) is 0. The van der Waals surface area contributed by atoms with E-state index in [-0.39, 0.29) is 24.7 Å². The van der Waals surface area contributed by atoms with E-state index in [1.54, 1.807) is 12.1 Å². The molecular formula is C8H13BrClN3O. The van der Waals surface area contributed by atoms with Gasteiger partial charge in [0.15, 0.2) is 0 Å². The Kier molecular flexibility index (Phi) is 5.22. The van der Waals surface area contributed by atoms with Crippen LogP contribution in [0.25, 0.3) is 0 Å². The van der Waals surface area contributed by atoms with Crippen LogP contribution in [0.5, 0.6) is 5.75 Å². The highest BCUT2D eigenvalue weighted by molar-refractivity contribution is 9.10. The van der Waals surface area contributed by atoms with Gasteiger partial charge in [0.1, 0.15) is 5.75 Å². The number of phenols is 1. The monoisotopic (exact) mass is 281 g/mol. The van der Waals surface area contributed by atoms with Crippen LogP contribution in [0.15, 0.2) is 16.6 Å².